The summed E-state index contributed by atoms with van der Waals surface area (Å²) in [7, 11) is 0. The van der Waals surface area contributed by atoms with Crippen LogP contribution in [0.2, 0.25) is 0 Å². The summed E-state index contributed by atoms with van der Waals surface area (Å²) in [6, 6.07) is 0. The van der Waals surface area contributed by atoms with E-state index in [1.807, 2.05) is 0 Å². The Balaban J connectivity index is 0. The molecular formula is CH4O2Tb-. The molecule has 0 aliphatic rings. The maximum atomic E-state index is 8.61. The van der Waals surface area contributed by atoms with Gasteiger partial charge in [0.2, 0.25) is 0 Å². The molecule has 3 heteroatoms. The van der Waals surface area contributed by atoms with Crippen molar-refractivity contribution in [2.24, 2.45) is 0 Å². The molecule has 0 aliphatic carbocycles. The van der Waals surface area contributed by atoms with Crippen molar-refractivity contribution >= 4 is 0 Å². The third kappa shape index (κ3) is 11.7. The van der Waals surface area contributed by atoms with E-state index in [0.29, 0.717) is 0 Å². The molecule has 0 heterocycles. The molecule has 0 fully saturated rings. The summed E-state index contributed by atoms with van der Waals surface area (Å²) in [6.45, 7) is 0. The minimum absolute atomic E-state index is 0. The van der Waals surface area contributed by atoms with Crippen LogP contribution in [0.3, 0.4) is 0 Å². The van der Waals surface area contributed by atoms with Gasteiger partial charge in [0.05, 0.1) is 0 Å². The molecule has 0 amide bonds. The number of hydrogen-bond acceptors (Lipinski definition) is 1. The Bertz CT molecular complexity index is 13.5. The SMILES string of the molecule is [CH3-].[O]=[Tb][OH]. The van der Waals surface area contributed by atoms with Gasteiger partial charge in [-0.05, 0) is 0 Å². The van der Waals surface area contributed by atoms with Gasteiger partial charge in [0.15, 0.2) is 0 Å². The van der Waals surface area contributed by atoms with Crippen LogP contribution in [0.4, 0.5) is 0 Å². The fourth-order valence-corrected chi connectivity index (χ4v) is 0. The first-order chi connectivity index (χ1) is 1.41. The molecule has 0 rings (SSSR count). The van der Waals surface area contributed by atoms with E-state index in [0.717, 1.165) is 0 Å². The van der Waals surface area contributed by atoms with Gasteiger partial charge in [-0.3, -0.25) is 0 Å². The van der Waals surface area contributed by atoms with Crippen molar-refractivity contribution < 1.29 is 38.4 Å². The molecule has 30 valence electrons. The minimum atomic E-state index is -1.75. The molecule has 0 unspecified atom stereocenters. The van der Waals surface area contributed by atoms with Crippen LogP contribution < -0.4 is 0 Å². The van der Waals surface area contributed by atoms with Crippen LogP contribution in [-0.4, -0.2) is 1.71 Å². The molecule has 0 aromatic rings. The zero-order valence-electron chi connectivity index (χ0n) is 2.19. The van der Waals surface area contributed by atoms with E-state index in [-0.39, 0.29) is 7.43 Å². The molecule has 2 nitrogen and oxygen atoms in total. The molecule has 0 aromatic heterocycles. The maximum absolute atomic E-state index is 8.61. The summed E-state index contributed by atoms with van der Waals surface area (Å²) >= 11 is -1.75. The predicted octanol–water partition coefficient (Wildman–Crippen LogP) is -0.226. The van der Waals surface area contributed by atoms with E-state index in [9.17, 15) is 0 Å². The van der Waals surface area contributed by atoms with Crippen molar-refractivity contribution in [3.63, 3.8) is 0 Å². The Hall–Kier alpha value is 1.05. The Kier molecular flexibility index (Phi) is 20.0. The van der Waals surface area contributed by atoms with Gasteiger partial charge in [-0.15, -0.1) is 0 Å². The Labute approximate surface area is 45.4 Å². The van der Waals surface area contributed by atoms with Gasteiger partial charge >= 0.3 is 38.4 Å². The van der Waals surface area contributed by atoms with Crippen LogP contribution in [0.15, 0.2) is 0 Å². The van der Waals surface area contributed by atoms with Crippen LogP contribution in [0.1, 0.15) is 0 Å². The second-order valence-electron chi connectivity index (χ2n) is 0.0609. The molecule has 0 saturated carbocycles. The average molecular weight is 207 g/mol. The van der Waals surface area contributed by atoms with Crippen LogP contribution in [0.5, 0.6) is 0 Å². The monoisotopic (exact) mass is 207 g/mol. The topological polar surface area (TPSA) is 37.3 Å². The van der Waals surface area contributed by atoms with Gasteiger partial charge in [-0.25, -0.2) is 0 Å². The predicted molar refractivity (Wildman–Crippen MR) is 9.32 cm³/mol. The van der Waals surface area contributed by atoms with Gasteiger partial charge in [0.1, 0.15) is 0 Å². The molecular weight excluding hydrogens is 203 g/mol. The van der Waals surface area contributed by atoms with E-state index in [2.05, 4.69) is 0 Å². The van der Waals surface area contributed by atoms with Gasteiger partial charge in [0.25, 0.3) is 0 Å². The van der Waals surface area contributed by atoms with Crippen LogP contribution in [0, 0.1) is 42.7 Å². The van der Waals surface area contributed by atoms with Gasteiger partial charge in [0, 0.05) is 0 Å². The summed E-state index contributed by atoms with van der Waals surface area (Å²) < 4.78 is 15.8. The molecule has 1 N–H and O–H groups in total. The van der Waals surface area contributed by atoms with E-state index < -0.39 is 35.3 Å². The van der Waals surface area contributed by atoms with Crippen LogP contribution in [0.25, 0.3) is 0 Å². The van der Waals surface area contributed by atoms with Crippen molar-refractivity contribution in [1.29, 1.82) is 0 Å². The summed E-state index contributed by atoms with van der Waals surface area (Å²) in [4.78, 5) is 0. The van der Waals surface area contributed by atoms with Crippen LogP contribution in [-0.2, 0) is 1.33 Å². The first-order valence-corrected chi connectivity index (χ1v) is 2.11. The number of hydrogen-bond donors (Lipinski definition) is 1. The Morgan fingerprint density at radius 2 is 1.75 bits per heavy atom. The fraction of sp³-hybridized carbons (Fsp3) is 0. The van der Waals surface area contributed by atoms with E-state index in [4.69, 9.17) is 3.03 Å². The molecule has 4 heavy (non-hydrogen) atoms. The molecule has 0 aromatic carbocycles. The zero-order chi connectivity index (χ0) is 2.71. The first kappa shape index (κ1) is 8.90. The molecule has 0 spiro atoms. The Morgan fingerprint density at radius 1 is 1.75 bits per heavy atom. The van der Waals surface area contributed by atoms with E-state index >= 15 is 0 Å². The standard InChI is InChI=1S/CH3.H2O.O.Tb/h1H3;1H2;;/q-1;;;+1/p-1. The molecule has 0 bridgehead atoms. The molecule has 0 atom stereocenters. The van der Waals surface area contributed by atoms with Crippen molar-refractivity contribution in [2.45, 2.75) is 0 Å². The zero-order valence-corrected chi connectivity index (χ0v) is 4.33. The summed E-state index contributed by atoms with van der Waals surface area (Å²) in [5.74, 6) is 0. The van der Waals surface area contributed by atoms with Crippen molar-refractivity contribution in [3.05, 3.63) is 7.43 Å². The number of rotatable bonds is 0. The third-order valence-corrected chi connectivity index (χ3v) is 0. The van der Waals surface area contributed by atoms with E-state index in [1.54, 1.807) is 0 Å². The van der Waals surface area contributed by atoms with Gasteiger partial charge in [-0.1, -0.05) is 0 Å². The van der Waals surface area contributed by atoms with Crippen LogP contribution >= 0.6 is 0 Å². The average Bonchev–Trinajstić information content (AvgIpc) is 0.918. The molecule has 0 radical (unpaired) electrons. The summed E-state index contributed by atoms with van der Waals surface area (Å²) in [6.07, 6.45) is 0. The second-order valence-corrected chi connectivity index (χ2v) is 0.451. The first-order valence-electron chi connectivity index (χ1n) is 0.285. The van der Waals surface area contributed by atoms with Crippen molar-refractivity contribution in [2.75, 3.05) is 0 Å². The van der Waals surface area contributed by atoms with Crippen molar-refractivity contribution in [3.8, 4) is 0 Å². The molecule has 0 aliphatic heterocycles. The fourth-order valence-electron chi connectivity index (χ4n) is 0. The van der Waals surface area contributed by atoms with E-state index in [1.165, 1.54) is 0 Å². The Morgan fingerprint density at radius 3 is 1.75 bits per heavy atom. The normalized spacial score (nSPS) is 5.25. The second kappa shape index (κ2) is 8.97. The van der Waals surface area contributed by atoms with Gasteiger partial charge in [-0.2, -0.15) is 0 Å². The summed E-state index contributed by atoms with van der Waals surface area (Å²) in [5.41, 5.74) is 0. The molecule has 0 saturated heterocycles. The van der Waals surface area contributed by atoms with Crippen molar-refractivity contribution in [1.82, 2.24) is 0 Å². The third-order valence-electron chi connectivity index (χ3n) is 0. The quantitative estimate of drug-likeness (QED) is 0.557. The van der Waals surface area contributed by atoms with Gasteiger partial charge < -0.3 is 7.43 Å². The summed E-state index contributed by atoms with van der Waals surface area (Å²) in [5, 5.41) is 0.